The van der Waals surface area contributed by atoms with Crippen LogP contribution in [0.3, 0.4) is 0 Å². The second kappa shape index (κ2) is 17.3. The number of unbranched alkanes of at least 4 members (excludes halogenated alkanes) is 5. The van der Waals surface area contributed by atoms with Gasteiger partial charge in [-0.15, -0.1) is 0 Å². The molecule has 8 heteroatoms. The fourth-order valence-corrected chi connectivity index (χ4v) is 2.26. The van der Waals surface area contributed by atoms with Gasteiger partial charge in [-0.1, -0.05) is 45.4 Å². The lowest BCUT2D eigenvalue weighted by atomic mass is 10.1. The summed E-state index contributed by atoms with van der Waals surface area (Å²) in [6.45, 7) is 16.9. The topological polar surface area (TPSA) is 73.8 Å². The van der Waals surface area contributed by atoms with Crippen LogP contribution in [0.4, 0.5) is 0 Å². The molecule has 0 saturated carbocycles. The Hall–Kier alpha value is -0.320. The second-order valence-corrected chi connectivity index (χ2v) is 8.57. The molecule has 0 aliphatic carbocycles. The molecule has 0 heterocycles. The minimum Gasteiger partial charge on any atom is -0.233 e. The van der Waals surface area contributed by atoms with Gasteiger partial charge in [0.1, 0.15) is 0 Å². The molecule has 0 bridgehead atoms. The summed E-state index contributed by atoms with van der Waals surface area (Å²) < 4.78 is 0. The first-order valence-corrected chi connectivity index (χ1v) is 11.5. The Morgan fingerprint density at radius 1 is 0.500 bits per heavy atom. The Bertz CT molecular complexity index is 356. The van der Waals surface area contributed by atoms with Gasteiger partial charge >= 0.3 is 5.97 Å². The molecule has 0 fully saturated rings. The van der Waals surface area contributed by atoms with Crippen LogP contribution in [0.25, 0.3) is 0 Å². The minimum absolute atomic E-state index is 0.169. The normalized spacial score (nSPS) is 13.9. The molecule has 30 heavy (non-hydrogen) atoms. The van der Waals surface area contributed by atoms with Crippen LogP contribution in [0.2, 0.25) is 0 Å². The highest BCUT2D eigenvalue weighted by molar-refractivity contribution is 4.69. The molecule has 182 valence electrons. The molecule has 0 aliphatic rings. The van der Waals surface area contributed by atoms with Crippen molar-refractivity contribution in [1.82, 2.24) is 0 Å². The van der Waals surface area contributed by atoms with E-state index in [1.807, 2.05) is 55.4 Å². The Morgan fingerprint density at radius 3 is 1.30 bits per heavy atom. The smallest absolute Gasteiger partial charge is 0.233 e. The first-order chi connectivity index (χ1) is 14.1. The van der Waals surface area contributed by atoms with E-state index in [1.165, 1.54) is 19.3 Å². The number of hydrogen-bond acceptors (Lipinski definition) is 8. The predicted octanol–water partition coefficient (Wildman–Crippen LogP) is 6.19. The van der Waals surface area contributed by atoms with E-state index in [4.69, 9.17) is 39.1 Å². The zero-order valence-corrected chi connectivity index (χ0v) is 20.6. The summed E-state index contributed by atoms with van der Waals surface area (Å²) >= 11 is 0. The molecule has 0 aliphatic heterocycles. The molecule has 0 aromatic carbocycles. The highest BCUT2D eigenvalue weighted by Gasteiger charge is 2.50. The SMILES string of the molecule is CCCCCCCCC(OOC(C)C)C(OOC(C)C)(OOC(C)C)OOC(C)C. The Morgan fingerprint density at radius 2 is 0.900 bits per heavy atom. The fourth-order valence-electron chi connectivity index (χ4n) is 2.26. The van der Waals surface area contributed by atoms with Gasteiger partial charge in [0.15, 0.2) is 6.10 Å². The third-order valence-corrected chi connectivity index (χ3v) is 3.65. The van der Waals surface area contributed by atoms with Crippen molar-refractivity contribution in [3.8, 4) is 0 Å². The standard InChI is InChI=1S/C22H46O8/c1-10-11-12-13-14-15-16-21(27-23-17(2)3)22(28-24-18(4)5,29-25-19(6)7)30-26-20(8)9/h17-21H,10-16H2,1-9H3. The van der Waals surface area contributed by atoms with Crippen LogP contribution >= 0.6 is 0 Å². The minimum atomic E-state index is -1.92. The molecular formula is C22H46O8. The van der Waals surface area contributed by atoms with Gasteiger partial charge in [0.05, 0.1) is 24.4 Å². The van der Waals surface area contributed by atoms with Crippen LogP contribution in [0.15, 0.2) is 0 Å². The molecule has 0 radical (unpaired) electrons. The molecule has 0 aromatic heterocycles. The summed E-state index contributed by atoms with van der Waals surface area (Å²) in [7, 11) is 0. The van der Waals surface area contributed by atoms with E-state index in [0.29, 0.717) is 6.42 Å². The van der Waals surface area contributed by atoms with E-state index in [9.17, 15) is 0 Å². The maximum absolute atomic E-state index is 5.68. The lowest BCUT2D eigenvalue weighted by molar-refractivity contribution is -0.664. The average molecular weight is 439 g/mol. The highest BCUT2D eigenvalue weighted by Crippen LogP contribution is 2.30. The first-order valence-electron chi connectivity index (χ1n) is 11.5. The maximum atomic E-state index is 5.68. The van der Waals surface area contributed by atoms with Crippen molar-refractivity contribution in [3.05, 3.63) is 0 Å². The maximum Gasteiger partial charge on any atom is 0.394 e. The number of rotatable bonds is 20. The van der Waals surface area contributed by atoms with Crippen molar-refractivity contribution in [1.29, 1.82) is 0 Å². The van der Waals surface area contributed by atoms with Gasteiger partial charge in [-0.25, -0.2) is 24.4 Å². The van der Waals surface area contributed by atoms with Crippen molar-refractivity contribution in [2.75, 3.05) is 0 Å². The van der Waals surface area contributed by atoms with Crippen LogP contribution in [0.5, 0.6) is 0 Å². The largest absolute Gasteiger partial charge is 0.394 e. The molecule has 0 aromatic rings. The summed E-state index contributed by atoms with van der Waals surface area (Å²) in [4.78, 5) is 44.0. The van der Waals surface area contributed by atoms with Gasteiger partial charge in [-0.2, -0.15) is 14.7 Å². The van der Waals surface area contributed by atoms with E-state index in [1.54, 1.807) is 0 Å². The quantitative estimate of drug-likeness (QED) is 0.0964. The van der Waals surface area contributed by atoms with Crippen molar-refractivity contribution in [2.45, 2.75) is 144 Å². The summed E-state index contributed by atoms with van der Waals surface area (Å²) in [5, 5.41) is 0. The van der Waals surface area contributed by atoms with Crippen LogP contribution in [-0.2, 0) is 39.1 Å². The number of hydrogen-bond donors (Lipinski definition) is 0. The average Bonchev–Trinajstić information content (AvgIpc) is 2.66. The molecule has 0 spiro atoms. The van der Waals surface area contributed by atoms with E-state index >= 15 is 0 Å². The zero-order chi connectivity index (χ0) is 23.0. The van der Waals surface area contributed by atoms with Crippen LogP contribution in [-0.4, -0.2) is 36.5 Å². The molecule has 0 amide bonds. The zero-order valence-electron chi connectivity index (χ0n) is 20.6. The van der Waals surface area contributed by atoms with Gasteiger partial charge < -0.3 is 0 Å². The van der Waals surface area contributed by atoms with Gasteiger partial charge in [-0.3, -0.25) is 0 Å². The lowest BCUT2D eigenvalue weighted by Crippen LogP contribution is -2.52. The monoisotopic (exact) mass is 438 g/mol. The van der Waals surface area contributed by atoms with Gasteiger partial charge in [0.2, 0.25) is 0 Å². The molecular weight excluding hydrogens is 392 g/mol. The third-order valence-electron chi connectivity index (χ3n) is 3.65. The first kappa shape index (κ1) is 29.7. The molecule has 8 nitrogen and oxygen atoms in total. The van der Waals surface area contributed by atoms with E-state index in [2.05, 4.69) is 6.92 Å². The molecule has 1 atom stereocenters. The molecule has 1 unspecified atom stereocenters. The second-order valence-electron chi connectivity index (χ2n) is 8.57. The molecule has 0 rings (SSSR count). The Labute approximate surface area is 183 Å². The summed E-state index contributed by atoms with van der Waals surface area (Å²) in [5.41, 5.74) is 0. The summed E-state index contributed by atoms with van der Waals surface area (Å²) in [6, 6.07) is 0. The predicted molar refractivity (Wildman–Crippen MR) is 114 cm³/mol. The van der Waals surface area contributed by atoms with Gasteiger partial charge in [-0.05, 0) is 61.8 Å². The van der Waals surface area contributed by atoms with Crippen molar-refractivity contribution < 1.29 is 39.1 Å². The van der Waals surface area contributed by atoms with Crippen molar-refractivity contribution in [2.24, 2.45) is 0 Å². The summed E-state index contributed by atoms with van der Waals surface area (Å²) in [6.07, 6.45) is 5.49. The van der Waals surface area contributed by atoms with E-state index in [0.717, 1.165) is 19.3 Å². The fraction of sp³-hybridized carbons (Fsp3) is 1.00. The van der Waals surface area contributed by atoms with Gasteiger partial charge in [0, 0.05) is 0 Å². The molecule has 0 N–H and O–H groups in total. The van der Waals surface area contributed by atoms with Crippen molar-refractivity contribution in [3.63, 3.8) is 0 Å². The Kier molecular flexibility index (Phi) is 17.1. The summed E-state index contributed by atoms with van der Waals surface area (Å²) in [5.74, 6) is -1.92. The third kappa shape index (κ3) is 14.6. The molecule has 0 saturated heterocycles. The highest BCUT2D eigenvalue weighted by atomic mass is 17.4. The lowest BCUT2D eigenvalue weighted by Gasteiger charge is -2.35. The van der Waals surface area contributed by atoms with Gasteiger partial charge in [0.25, 0.3) is 0 Å². The van der Waals surface area contributed by atoms with E-state index in [-0.39, 0.29) is 24.4 Å². The van der Waals surface area contributed by atoms with Crippen LogP contribution in [0, 0.1) is 0 Å². The van der Waals surface area contributed by atoms with Crippen molar-refractivity contribution >= 4 is 0 Å². The Balaban J connectivity index is 5.47. The van der Waals surface area contributed by atoms with E-state index < -0.39 is 12.1 Å². The van der Waals surface area contributed by atoms with Crippen LogP contribution in [0.1, 0.15) is 107 Å². The van der Waals surface area contributed by atoms with Crippen LogP contribution < -0.4 is 0 Å².